The third-order valence-electron chi connectivity index (χ3n) is 9.05. The number of fused-ring (bicyclic) bond motifs is 4. The van der Waals surface area contributed by atoms with Crippen molar-refractivity contribution in [1.82, 2.24) is 0 Å². The summed E-state index contributed by atoms with van der Waals surface area (Å²) < 4.78 is 1.99. The lowest BCUT2D eigenvalue weighted by Gasteiger charge is -2.44. The Morgan fingerprint density at radius 1 is 0.659 bits per heavy atom. The van der Waals surface area contributed by atoms with Gasteiger partial charge in [0, 0.05) is 13.1 Å². The minimum atomic E-state index is -0.665. The lowest BCUT2D eigenvalue weighted by atomic mass is 9.57. The summed E-state index contributed by atoms with van der Waals surface area (Å²) in [7, 11) is 0. The van der Waals surface area contributed by atoms with E-state index >= 15 is 0 Å². The van der Waals surface area contributed by atoms with Crippen LogP contribution in [0.5, 0.6) is 5.75 Å². The molecule has 4 aliphatic rings. The third kappa shape index (κ3) is 4.17. The van der Waals surface area contributed by atoms with E-state index in [2.05, 4.69) is 45.2 Å². The van der Waals surface area contributed by atoms with Crippen molar-refractivity contribution in [2.24, 2.45) is 29.6 Å². The number of imide groups is 2. The van der Waals surface area contributed by atoms with Gasteiger partial charge in [0.25, 0.3) is 0 Å². The van der Waals surface area contributed by atoms with Crippen LogP contribution in [0.1, 0.15) is 24.3 Å². The number of halogens is 2. The Hall–Kier alpha value is -3.06. The predicted molar refractivity (Wildman–Crippen MR) is 169 cm³/mol. The summed E-state index contributed by atoms with van der Waals surface area (Å²) in [6, 6.07) is 21.4. The van der Waals surface area contributed by atoms with Crippen LogP contribution in [0.2, 0.25) is 0 Å². The summed E-state index contributed by atoms with van der Waals surface area (Å²) in [4.78, 5) is 58.3. The second-order valence-corrected chi connectivity index (χ2v) is 13.6. The van der Waals surface area contributed by atoms with E-state index in [1.807, 2.05) is 36.4 Å². The first kappa shape index (κ1) is 26.8. The minimum absolute atomic E-state index is 0.0683. The first-order chi connectivity index (χ1) is 19.7. The quantitative estimate of drug-likeness (QED) is 0.211. The zero-order valence-corrected chi connectivity index (χ0v) is 25.9. The van der Waals surface area contributed by atoms with Crippen molar-refractivity contribution in [2.45, 2.75) is 18.8 Å². The number of carbonyl (C=O) groups excluding carboxylic acids is 4. The summed E-state index contributed by atoms with van der Waals surface area (Å²) in [6.07, 6.45) is 2.72. The van der Waals surface area contributed by atoms with Crippen LogP contribution in [0.3, 0.4) is 0 Å². The number of nitrogens with zero attached hydrogens (tertiary/aromatic N) is 2. The molecular formula is C32H24I2N2O5. The number of carbonyl (C=O) groups is 4. The van der Waals surface area contributed by atoms with E-state index in [1.165, 1.54) is 9.80 Å². The van der Waals surface area contributed by atoms with Gasteiger partial charge in [-0.05, 0) is 130 Å². The van der Waals surface area contributed by atoms with Crippen LogP contribution in [0.4, 0.5) is 11.4 Å². The van der Waals surface area contributed by atoms with E-state index in [0.29, 0.717) is 24.2 Å². The molecule has 0 spiro atoms. The number of hydrogen-bond acceptors (Lipinski definition) is 5. The SMILES string of the molecule is O=C1C2CC=C3C(CC4C(=O)N(c5ccc(I)cc5)C(=O)C4C3c3cccc(O)c3)C2C(=O)N1c1ccc(I)cc1. The fraction of sp³-hybridized carbons (Fsp3) is 0.250. The monoisotopic (exact) mass is 770 g/mol. The molecule has 0 radical (unpaired) electrons. The predicted octanol–water partition coefficient (Wildman–Crippen LogP) is 5.65. The molecule has 1 N–H and O–H groups in total. The maximum Gasteiger partial charge on any atom is 0.238 e. The largest absolute Gasteiger partial charge is 0.508 e. The summed E-state index contributed by atoms with van der Waals surface area (Å²) in [6.45, 7) is 0. The molecule has 2 aliphatic heterocycles. The molecule has 206 valence electrons. The standard InChI is InChI=1S/C32H24I2N2O5/c33-17-4-8-19(9-5-17)35-29(38)23-13-12-22-24(27(23)31(35)40)15-25-28(26(22)16-2-1-3-21(37)14-16)32(41)36(30(25)39)20-10-6-18(34)7-11-20/h1-12,14,23-28,37H,13,15H2. The molecule has 3 aromatic rings. The third-order valence-corrected chi connectivity index (χ3v) is 10.5. The zero-order chi connectivity index (χ0) is 28.6. The summed E-state index contributed by atoms with van der Waals surface area (Å²) in [5.74, 6) is -4.27. The normalized spacial score (nSPS) is 28.9. The number of benzene rings is 3. The molecular weight excluding hydrogens is 746 g/mol. The van der Waals surface area contributed by atoms with Gasteiger partial charge in [-0.3, -0.25) is 29.0 Å². The molecule has 0 bridgehead atoms. The molecule has 6 atom stereocenters. The highest BCUT2D eigenvalue weighted by Crippen LogP contribution is 2.58. The van der Waals surface area contributed by atoms with Crippen LogP contribution in [0.25, 0.3) is 0 Å². The van der Waals surface area contributed by atoms with Crippen LogP contribution in [-0.2, 0) is 19.2 Å². The summed E-state index contributed by atoms with van der Waals surface area (Å²) in [5, 5.41) is 10.4. The topological polar surface area (TPSA) is 95.0 Å². The fourth-order valence-corrected chi connectivity index (χ4v) is 8.09. The minimum Gasteiger partial charge on any atom is -0.508 e. The maximum absolute atomic E-state index is 14.1. The Morgan fingerprint density at radius 2 is 1.22 bits per heavy atom. The first-order valence-corrected chi connectivity index (χ1v) is 15.7. The van der Waals surface area contributed by atoms with Crippen LogP contribution < -0.4 is 9.80 Å². The maximum atomic E-state index is 14.1. The lowest BCUT2D eigenvalue weighted by molar-refractivity contribution is -0.126. The average molecular weight is 770 g/mol. The van der Waals surface area contributed by atoms with E-state index in [0.717, 1.165) is 18.3 Å². The van der Waals surface area contributed by atoms with Gasteiger partial charge in [-0.25, -0.2) is 0 Å². The Bertz CT molecular complexity index is 1650. The Morgan fingerprint density at radius 3 is 1.80 bits per heavy atom. The van der Waals surface area contributed by atoms with Crippen molar-refractivity contribution in [1.29, 1.82) is 0 Å². The van der Waals surface area contributed by atoms with Gasteiger partial charge in [0.2, 0.25) is 23.6 Å². The number of phenols is 1. The van der Waals surface area contributed by atoms with Crippen molar-refractivity contribution in [3.05, 3.63) is 97.1 Å². The number of hydrogen-bond donors (Lipinski definition) is 1. The number of allylic oxidation sites excluding steroid dienone is 2. The van der Waals surface area contributed by atoms with Gasteiger partial charge < -0.3 is 5.11 Å². The van der Waals surface area contributed by atoms with Gasteiger partial charge in [0.15, 0.2) is 0 Å². The molecule has 4 amide bonds. The van der Waals surface area contributed by atoms with E-state index in [1.54, 1.807) is 42.5 Å². The highest BCUT2D eigenvalue weighted by Gasteiger charge is 2.62. The van der Waals surface area contributed by atoms with E-state index in [-0.39, 0.29) is 35.3 Å². The van der Waals surface area contributed by atoms with Crippen LogP contribution >= 0.6 is 45.2 Å². The Labute approximate surface area is 263 Å². The molecule has 2 heterocycles. The molecule has 7 nitrogen and oxygen atoms in total. The van der Waals surface area contributed by atoms with Gasteiger partial charge in [-0.15, -0.1) is 0 Å². The van der Waals surface area contributed by atoms with E-state index < -0.39 is 29.6 Å². The Kier molecular flexibility index (Phi) is 6.57. The molecule has 7 rings (SSSR count). The highest BCUT2D eigenvalue weighted by molar-refractivity contribution is 14.1. The number of amides is 4. The summed E-state index contributed by atoms with van der Waals surface area (Å²) in [5.41, 5.74) is 2.71. The first-order valence-electron chi connectivity index (χ1n) is 13.5. The molecule has 0 aromatic heterocycles. The van der Waals surface area contributed by atoms with E-state index in [4.69, 9.17) is 0 Å². The number of rotatable bonds is 3. The second-order valence-electron chi connectivity index (χ2n) is 11.1. The Balaban J connectivity index is 1.33. The van der Waals surface area contributed by atoms with Gasteiger partial charge in [-0.1, -0.05) is 23.8 Å². The molecule has 1 saturated carbocycles. The van der Waals surface area contributed by atoms with Crippen LogP contribution in [0.15, 0.2) is 84.4 Å². The number of aromatic hydroxyl groups is 1. The summed E-state index contributed by atoms with van der Waals surface area (Å²) >= 11 is 4.37. The van der Waals surface area contributed by atoms with Gasteiger partial charge >= 0.3 is 0 Å². The van der Waals surface area contributed by atoms with Gasteiger partial charge in [0.1, 0.15) is 5.75 Å². The fourth-order valence-electron chi connectivity index (χ4n) is 7.37. The lowest BCUT2D eigenvalue weighted by Crippen LogP contribution is -2.43. The molecule has 6 unspecified atom stereocenters. The van der Waals surface area contributed by atoms with Crippen molar-refractivity contribution >= 4 is 80.2 Å². The zero-order valence-electron chi connectivity index (χ0n) is 21.6. The van der Waals surface area contributed by atoms with Crippen molar-refractivity contribution in [3.63, 3.8) is 0 Å². The second kappa shape index (κ2) is 10.0. The van der Waals surface area contributed by atoms with E-state index in [9.17, 15) is 24.3 Å². The van der Waals surface area contributed by atoms with Crippen LogP contribution in [0, 0.1) is 36.7 Å². The van der Waals surface area contributed by atoms with Gasteiger partial charge in [-0.2, -0.15) is 0 Å². The molecule has 41 heavy (non-hydrogen) atoms. The van der Waals surface area contributed by atoms with Crippen molar-refractivity contribution in [2.75, 3.05) is 9.80 Å². The van der Waals surface area contributed by atoms with Crippen molar-refractivity contribution in [3.8, 4) is 5.75 Å². The smallest absolute Gasteiger partial charge is 0.238 e. The number of anilines is 2. The molecule has 3 fully saturated rings. The average Bonchev–Trinajstić information content (AvgIpc) is 3.37. The van der Waals surface area contributed by atoms with Gasteiger partial charge in [0.05, 0.1) is 35.0 Å². The highest BCUT2D eigenvalue weighted by atomic mass is 127. The van der Waals surface area contributed by atoms with Crippen molar-refractivity contribution < 1.29 is 24.3 Å². The molecule has 2 saturated heterocycles. The molecule has 2 aliphatic carbocycles. The molecule has 9 heteroatoms. The van der Waals surface area contributed by atoms with Crippen LogP contribution in [-0.4, -0.2) is 28.7 Å². The molecule has 3 aromatic carbocycles. The number of phenolic OH excluding ortho intramolecular Hbond substituents is 1.